The summed E-state index contributed by atoms with van der Waals surface area (Å²) < 4.78 is 9.89. The van der Waals surface area contributed by atoms with Gasteiger partial charge in [0.25, 0.3) is 0 Å². The molecule has 8 nitrogen and oxygen atoms in total. The molecule has 0 spiro atoms. The fraction of sp³-hybridized carbons (Fsp3) is 0.379. The van der Waals surface area contributed by atoms with Gasteiger partial charge >= 0.3 is 0 Å². The molecule has 6 rings (SSSR count). The first-order chi connectivity index (χ1) is 18.2. The van der Waals surface area contributed by atoms with Crippen LogP contribution in [0.5, 0.6) is 0 Å². The predicted octanol–water partition coefficient (Wildman–Crippen LogP) is 5.59. The quantitative estimate of drug-likeness (QED) is 0.319. The zero-order chi connectivity index (χ0) is 26.6. The third-order valence-corrected chi connectivity index (χ3v) is 7.88. The summed E-state index contributed by atoms with van der Waals surface area (Å²) in [6.07, 6.45) is 5.44. The Morgan fingerprint density at radius 1 is 1.05 bits per heavy atom. The van der Waals surface area contributed by atoms with Crippen molar-refractivity contribution in [3.63, 3.8) is 0 Å². The van der Waals surface area contributed by atoms with Crippen molar-refractivity contribution in [1.82, 2.24) is 29.5 Å². The molecule has 9 heteroatoms. The number of nitrogens with zero attached hydrogens (tertiary/aromatic N) is 6. The smallest absolute Gasteiger partial charge is 0.0960 e. The maximum Gasteiger partial charge on any atom is 0.0960 e. The normalized spacial score (nSPS) is 15.9. The third-order valence-electron chi connectivity index (χ3n) is 7.66. The van der Waals surface area contributed by atoms with Crippen LogP contribution in [0.3, 0.4) is 0 Å². The number of aromatic nitrogens is 6. The number of benzene rings is 1. The molecule has 1 aliphatic rings. The molecular formula is C29H31ClN6O2. The zero-order valence-electron chi connectivity index (χ0n) is 22.0. The molecular weight excluding hydrogens is 500 g/mol. The molecule has 5 aromatic rings. The SMILES string of the molecule is Cc1nnn(C)c1-c1cnc2c3ccc(C(C)(C)O)cc3n(C(c3ccc(Cl)cn3)C3CCOCC3)c2c1. The molecule has 1 saturated heterocycles. The van der Waals surface area contributed by atoms with Crippen LogP contribution >= 0.6 is 11.6 Å². The van der Waals surface area contributed by atoms with E-state index in [1.165, 1.54) is 0 Å². The largest absolute Gasteiger partial charge is 0.386 e. The van der Waals surface area contributed by atoms with Crippen LogP contribution in [-0.2, 0) is 17.4 Å². The first kappa shape index (κ1) is 25.0. The highest BCUT2D eigenvalue weighted by Gasteiger charge is 2.32. The van der Waals surface area contributed by atoms with Crippen molar-refractivity contribution in [1.29, 1.82) is 0 Å². The van der Waals surface area contributed by atoms with Gasteiger partial charge in [0.1, 0.15) is 0 Å². The minimum Gasteiger partial charge on any atom is -0.386 e. The van der Waals surface area contributed by atoms with E-state index < -0.39 is 5.60 Å². The van der Waals surface area contributed by atoms with E-state index in [0.29, 0.717) is 24.2 Å². The Balaban J connectivity index is 1.69. The molecule has 0 saturated carbocycles. The van der Waals surface area contributed by atoms with Gasteiger partial charge in [-0.05, 0) is 69.4 Å². The van der Waals surface area contributed by atoms with Crippen LogP contribution in [0.1, 0.15) is 49.7 Å². The van der Waals surface area contributed by atoms with Crippen molar-refractivity contribution in [2.24, 2.45) is 13.0 Å². The molecule has 1 aromatic carbocycles. The number of rotatable bonds is 5. The Kier molecular flexibility index (Phi) is 6.21. The van der Waals surface area contributed by atoms with Crippen molar-refractivity contribution in [3.8, 4) is 11.3 Å². The highest BCUT2D eigenvalue weighted by Crippen LogP contribution is 2.41. The Morgan fingerprint density at radius 3 is 2.50 bits per heavy atom. The summed E-state index contributed by atoms with van der Waals surface area (Å²) in [5, 5.41) is 21.0. The fourth-order valence-corrected chi connectivity index (χ4v) is 5.86. The maximum absolute atomic E-state index is 10.9. The molecule has 0 aliphatic carbocycles. The standard InChI is InChI=1S/C29H31ClN6O2/c1-17-27(35(4)34-33-17)19-13-25-26(32-15-19)22-7-5-20(29(2,3)37)14-24(22)36(25)28(18-9-11-38-12-10-18)23-8-6-21(30)16-31-23/h5-8,13-16,18,28,37H,9-12H2,1-4H3. The number of aryl methyl sites for hydroxylation is 2. The van der Waals surface area contributed by atoms with E-state index in [1.807, 2.05) is 52.2 Å². The minimum absolute atomic E-state index is 0.0731. The second-order valence-electron chi connectivity index (χ2n) is 10.7. The van der Waals surface area contributed by atoms with Crippen LogP contribution in [0.15, 0.2) is 48.8 Å². The van der Waals surface area contributed by atoms with Crippen molar-refractivity contribution in [3.05, 3.63) is 70.8 Å². The van der Waals surface area contributed by atoms with Gasteiger partial charge in [-0.2, -0.15) is 0 Å². The second kappa shape index (κ2) is 9.45. The molecule has 0 radical (unpaired) electrons. The van der Waals surface area contributed by atoms with Gasteiger partial charge in [0.15, 0.2) is 0 Å². The Labute approximate surface area is 226 Å². The first-order valence-electron chi connectivity index (χ1n) is 12.9. The number of halogens is 1. The van der Waals surface area contributed by atoms with E-state index in [1.54, 1.807) is 10.9 Å². The molecule has 0 bridgehead atoms. The number of pyridine rings is 2. The zero-order valence-corrected chi connectivity index (χ0v) is 22.8. The van der Waals surface area contributed by atoms with E-state index in [9.17, 15) is 5.11 Å². The van der Waals surface area contributed by atoms with Gasteiger partial charge in [0, 0.05) is 43.6 Å². The van der Waals surface area contributed by atoms with E-state index in [4.69, 9.17) is 26.3 Å². The van der Waals surface area contributed by atoms with Crippen LogP contribution in [0.25, 0.3) is 33.2 Å². The Bertz CT molecular complexity index is 1610. The molecule has 0 amide bonds. The van der Waals surface area contributed by atoms with Crippen molar-refractivity contribution in [2.45, 2.75) is 45.3 Å². The molecule has 1 unspecified atom stereocenters. The topological polar surface area (TPSA) is 90.9 Å². The summed E-state index contributed by atoms with van der Waals surface area (Å²) in [5.41, 5.74) is 6.44. The number of hydrogen-bond donors (Lipinski definition) is 1. The lowest BCUT2D eigenvalue weighted by molar-refractivity contribution is 0.0547. The van der Waals surface area contributed by atoms with Gasteiger partial charge in [0.2, 0.25) is 0 Å². The molecule has 5 heterocycles. The van der Waals surface area contributed by atoms with E-state index in [0.717, 1.165) is 63.0 Å². The van der Waals surface area contributed by atoms with Crippen molar-refractivity contribution in [2.75, 3.05) is 13.2 Å². The van der Waals surface area contributed by atoms with E-state index in [2.05, 4.69) is 33.1 Å². The number of ether oxygens (including phenoxy) is 1. The minimum atomic E-state index is -0.988. The molecule has 1 atom stereocenters. The van der Waals surface area contributed by atoms with Gasteiger partial charge in [-0.15, -0.1) is 5.10 Å². The van der Waals surface area contributed by atoms with Gasteiger partial charge in [-0.25, -0.2) is 4.68 Å². The van der Waals surface area contributed by atoms with E-state index >= 15 is 0 Å². The Hall–Kier alpha value is -3.33. The third kappa shape index (κ3) is 4.26. The van der Waals surface area contributed by atoms with Crippen LogP contribution in [-0.4, -0.2) is 47.8 Å². The average Bonchev–Trinajstić information content (AvgIpc) is 3.41. The monoisotopic (exact) mass is 530 g/mol. The maximum atomic E-state index is 10.9. The molecule has 1 aliphatic heterocycles. The Morgan fingerprint density at radius 2 is 1.84 bits per heavy atom. The lowest BCUT2D eigenvalue weighted by Gasteiger charge is -2.32. The van der Waals surface area contributed by atoms with Crippen LogP contribution in [0.2, 0.25) is 5.02 Å². The lowest BCUT2D eigenvalue weighted by Crippen LogP contribution is -2.27. The average molecular weight is 531 g/mol. The fourth-order valence-electron chi connectivity index (χ4n) is 5.75. The van der Waals surface area contributed by atoms with Gasteiger partial charge in [-0.3, -0.25) is 9.97 Å². The second-order valence-corrected chi connectivity index (χ2v) is 11.1. The summed E-state index contributed by atoms with van der Waals surface area (Å²) in [7, 11) is 1.90. The summed E-state index contributed by atoms with van der Waals surface area (Å²) in [6, 6.07) is 12.2. The highest BCUT2D eigenvalue weighted by atomic mass is 35.5. The highest BCUT2D eigenvalue weighted by molar-refractivity contribution is 6.30. The molecule has 1 N–H and O–H groups in total. The summed E-state index contributed by atoms with van der Waals surface area (Å²) in [4.78, 5) is 9.78. The molecule has 1 fully saturated rings. The molecule has 38 heavy (non-hydrogen) atoms. The van der Waals surface area contributed by atoms with Crippen LogP contribution < -0.4 is 0 Å². The van der Waals surface area contributed by atoms with Crippen molar-refractivity contribution < 1.29 is 9.84 Å². The molecule has 196 valence electrons. The number of fused-ring (bicyclic) bond motifs is 3. The summed E-state index contributed by atoms with van der Waals surface area (Å²) in [5.74, 6) is 0.297. The predicted molar refractivity (Wildman–Crippen MR) is 148 cm³/mol. The van der Waals surface area contributed by atoms with Crippen molar-refractivity contribution >= 4 is 33.5 Å². The lowest BCUT2D eigenvalue weighted by atomic mass is 9.88. The van der Waals surface area contributed by atoms with Crippen LogP contribution in [0.4, 0.5) is 0 Å². The van der Waals surface area contributed by atoms with Gasteiger partial charge in [-0.1, -0.05) is 28.9 Å². The van der Waals surface area contributed by atoms with Gasteiger partial charge in [0.05, 0.1) is 50.3 Å². The number of aliphatic hydroxyl groups is 1. The summed E-state index contributed by atoms with van der Waals surface area (Å²) >= 11 is 6.25. The summed E-state index contributed by atoms with van der Waals surface area (Å²) in [6.45, 7) is 7.01. The first-order valence-corrected chi connectivity index (χ1v) is 13.3. The van der Waals surface area contributed by atoms with E-state index in [-0.39, 0.29) is 6.04 Å². The van der Waals surface area contributed by atoms with Crippen LogP contribution in [0, 0.1) is 12.8 Å². The number of hydrogen-bond acceptors (Lipinski definition) is 6. The van der Waals surface area contributed by atoms with Gasteiger partial charge < -0.3 is 14.4 Å². The molecule has 4 aromatic heterocycles.